The van der Waals surface area contributed by atoms with Crippen molar-refractivity contribution in [1.29, 1.82) is 0 Å². The lowest BCUT2D eigenvalue weighted by molar-refractivity contribution is 0.668. The Morgan fingerprint density at radius 3 is 0.922 bits per heavy atom. The quantitative estimate of drug-likeness (QED) is 0.165. The molecule has 0 radical (unpaired) electrons. The van der Waals surface area contributed by atoms with Gasteiger partial charge in [-0.1, -0.05) is 109 Å². The molecule has 0 unspecified atom stereocenters. The molecule has 6 nitrogen and oxygen atoms in total. The lowest BCUT2D eigenvalue weighted by Gasteiger charge is -2.10. The molecule has 6 heterocycles. The molecular formula is C58H32N4O2. The predicted molar refractivity (Wildman–Crippen MR) is 261 cm³/mol. The number of nitrogens with zero attached hydrogens (tertiary/aromatic N) is 4. The van der Waals surface area contributed by atoms with Crippen molar-refractivity contribution < 1.29 is 8.83 Å². The molecule has 0 aliphatic rings. The Bertz CT molecular complexity index is 4000. The second kappa shape index (κ2) is 13.4. The molecule has 0 N–H and O–H groups in total. The summed E-state index contributed by atoms with van der Waals surface area (Å²) in [5, 5.41) is 10.8. The maximum absolute atomic E-state index is 6.10. The highest BCUT2D eigenvalue weighted by Crippen LogP contribution is 2.37. The van der Waals surface area contributed by atoms with Crippen LogP contribution in [0.25, 0.3) is 143 Å². The molecule has 0 amide bonds. The summed E-state index contributed by atoms with van der Waals surface area (Å²) in [6, 6.07) is 67.5. The SMILES string of the molecule is c1ccc2c(c1)oc1ccc(-c3ccc4ccc5ccc(-c6ccc7cc(-c8ccc9ccc%10ccc(-c%11ccc%12oc%13ccccc%13c%12c%11)nc%10c9n8)ccc7c6)nc5c4n3)cc12. The van der Waals surface area contributed by atoms with Crippen molar-refractivity contribution >= 4 is 98.3 Å². The number of pyridine rings is 4. The van der Waals surface area contributed by atoms with Crippen LogP contribution in [0.1, 0.15) is 0 Å². The molecule has 6 aromatic heterocycles. The van der Waals surface area contributed by atoms with Gasteiger partial charge in [0.15, 0.2) is 0 Å². The van der Waals surface area contributed by atoms with Crippen LogP contribution in [0.5, 0.6) is 0 Å². The van der Waals surface area contributed by atoms with E-state index in [1.54, 1.807) is 0 Å². The molecule has 14 rings (SSSR count). The van der Waals surface area contributed by atoms with Crippen molar-refractivity contribution in [2.24, 2.45) is 0 Å². The standard InChI is InChI=1S/C58H32N4O2/c1-3-7-51-43(5-1)45-31-41(21-27-53(45)63-51)49-25-19-35-11-9-33-17-23-47(59-55(33)57(35)61-49)39-15-13-38-30-40(16-14-37(38)29-39)48-24-18-34-10-12-36-20-26-50(62-58(36)56(34)60-48)42-22-28-54-46(32-42)44-6-2-4-8-52(44)64-54/h1-32H. The second-order valence-corrected chi connectivity index (χ2v) is 16.6. The molecule has 0 saturated heterocycles. The van der Waals surface area contributed by atoms with Gasteiger partial charge in [-0.2, -0.15) is 0 Å². The number of aromatic nitrogens is 4. The number of hydrogen-bond acceptors (Lipinski definition) is 6. The zero-order chi connectivity index (χ0) is 41.9. The lowest BCUT2D eigenvalue weighted by Crippen LogP contribution is -1.92. The predicted octanol–water partition coefficient (Wildman–Crippen LogP) is 15.5. The van der Waals surface area contributed by atoms with E-state index >= 15 is 0 Å². The molecule has 0 atom stereocenters. The molecular weight excluding hydrogens is 785 g/mol. The first kappa shape index (κ1) is 34.9. The minimum absolute atomic E-state index is 0.870. The topological polar surface area (TPSA) is 77.8 Å². The maximum Gasteiger partial charge on any atom is 0.135 e. The van der Waals surface area contributed by atoms with Gasteiger partial charge in [0.1, 0.15) is 22.3 Å². The Labute approximate surface area is 364 Å². The zero-order valence-corrected chi connectivity index (χ0v) is 34.1. The van der Waals surface area contributed by atoms with Gasteiger partial charge in [0.05, 0.1) is 44.8 Å². The van der Waals surface area contributed by atoms with Gasteiger partial charge in [-0.15, -0.1) is 0 Å². The first-order chi connectivity index (χ1) is 31.6. The molecule has 8 aromatic carbocycles. The van der Waals surface area contributed by atoms with Crippen molar-refractivity contribution in [3.05, 3.63) is 194 Å². The Hall–Kier alpha value is -8.74. The van der Waals surface area contributed by atoms with Gasteiger partial charge in [0.2, 0.25) is 0 Å². The number of benzene rings is 8. The van der Waals surface area contributed by atoms with Crippen molar-refractivity contribution in [3.63, 3.8) is 0 Å². The molecule has 0 bridgehead atoms. The van der Waals surface area contributed by atoms with E-state index in [1.807, 2.05) is 48.5 Å². The molecule has 0 aliphatic carbocycles. The van der Waals surface area contributed by atoms with Crippen LogP contribution in [0.2, 0.25) is 0 Å². The molecule has 6 heteroatoms. The van der Waals surface area contributed by atoms with Gasteiger partial charge in [0, 0.05) is 65.3 Å². The second-order valence-electron chi connectivity index (χ2n) is 16.6. The van der Waals surface area contributed by atoms with E-state index in [2.05, 4.69) is 146 Å². The number of para-hydroxylation sites is 2. The zero-order valence-electron chi connectivity index (χ0n) is 34.1. The fourth-order valence-electron chi connectivity index (χ4n) is 9.51. The van der Waals surface area contributed by atoms with Crippen LogP contribution in [0.15, 0.2) is 203 Å². The fourth-order valence-corrected chi connectivity index (χ4v) is 9.51. The summed E-state index contributed by atoms with van der Waals surface area (Å²) < 4.78 is 12.2. The first-order valence-electron chi connectivity index (χ1n) is 21.4. The van der Waals surface area contributed by atoms with Crippen LogP contribution < -0.4 is 0 Å². The highest BCUT2D eigenvalue weighted by molar-refractivity contribution is 6.09. The number of furan rings is 2. The van der Waals surface area contributed by atoms with E-state index in [0.717, 1.165) is 143 Å². The summed E-state index contributed by atoms with van der Waals surface area (Å²) in [4.78, 5) is 21.0. The molecule has 296 valence electrons. The van der Waals surface area contributed by atoms with E-state index in [9.17, 15) is 0 Å². The summed E-state index contributed by atoms with van der Waals surface area (Å²) in [6.45, 7) is 0. The van der Waals surface area contributed by atoms with Crippen molar-refractivity contribution in [3.8, 4) is 45.0 Å². The number of fused-ring (bicyclic) bond motifs is 13. The normalized spacial score (nSPS) is 12.1. The highest BCUT2D eigenvalue weighted by atomic mass is 16.3. The van der Waals surface area contributed by atoms with E-state index in [4.69, 9.17) is 28.8 Å². The van der Waals surface area contributed by atoms with Crippen LogP contribution in [-0.2, 0) is 0 Å². The maximum atomic E-state index is 6.10. The van der Waals surface area contributed by atoms with Crippen molar-refractivity contribution in [2.75, 3.05) is 0 Å². The molecule has 0 saturated carbocycles. The minimum Gasteiger partial charge on any atom is -0.456 e. The fraction of sp³-hybridized carbons (Fsp3) is 0. The molecule has 64 heavy (non-hydrogen) atoms. The minimum atomic E-state index is 0.870. The number of rotatable bonds is 4. The summed E-state index contributed by atoms with van der Waals surface area (Å²) in [5.41, 5.74) is 14.8. The summed E-state index contributed by atoms with van der Waals surface area (Å²) in [7, 11) is 0. The summed E-state index contributed by atoms with van der Waals surface area (Å²) >= 11 is 0. The van der Waals surface area contributed by atoms with Gasteiger partial charge in [-0.3, -0.25) is 0 Å². The van der Waals surface area contributed by atoms with Crippen LogP contribution in [0, 0.1) is 0 Å². The Balaban J connectivity index is 0.810. The third-order valence-corrected chi connectivity index (χ3v) is 12.8. The molecule has 0 spiro atoms. The summed E-state index contributed by atoms with van der Waals surface area (Å²) in [5.74, 6) is 0. The van der Waals surface area contributed by atoms with Gasteiger partial charge in [0.25, 0.3) is 0 Å². The van der Waals surface area contributed by atoms with Crippen LogP contribution in [0.3, 0.4) is 0 Å². The van der Waals surface area contributed by atoms with Crippen molar-refractivity contribution in [2.45, 2.75) is 0 Å². The van der Waals surface area contributed by atoms with Crippen LogP contribution in [-0.4, -0.2) is 19.9 Å². The Kier molecular flexibility index (Phi) is 7.30. The molecule has 0 aliphatic heterocycles. The van der Waals surface area contributed by atoms with Gasteiger partial charge >= 0.3 is 0 Å². The van der Waals surface area contributed by atoms with E-state index in [1.165, 1.54) is 0 Å². The molecule has 14 aromatic rings. The largest absolute Gasteiger partial charge is 0.456 e. The van der Waals surface area contributed by atoms with Crippen molar-refractivity contribution in [1.82, 2.24) is 19.9 Å². The highest BCUT2D eigenvalue weighted by Gasteiger charge is 2.15. The third kappa shape index (κ3) is 5.46. The van der Waals surface area contributed by atoms with Crippen LogP contribution in [0.4, 0.5) is 0 Å². The van der Waals surface area contributed by atoms with Crippen LogP contribution >= 0.6 is 0 Å². The van der Waals surface area contributed by atoms with Gasteiger partial charge < -0.3 is 8.83 Å². The third-order valence-electron chi connectivity index (χ3n) is 12.8. The first-order valence-corrected chi connectivity index (χ1v) is 21.4. The summed E-state index contributed by atoms with van der Waals surface area (Å²) in [6.07, 6.45) is 0. The average Bonchev–Trinajstić information content (AvgIpc) is 3.93. The Morgan fingerprint density at radius 1 is 0.234 bits per heavy atom. The number of hydrogen-bond donors (Lipinski definition) is 0. The lowest BCUT2D eigenvalue weighted by atomic mass is 10.00. The van der Waals surface area contributed by atoms with E-state index in [-0.39, 0.29) is 0 Å². The Morgan fingerprint density at radius 2 is 0.531 bits per heavy atom. The van der Waals surface area contributed by atoms with Gasteiger partial charge in [-0.25, -0.2) is 19.9 Å². The molecule has 0 fully saturated rings. The smallest absolute Gasteiger partial charge is 0.135 e. The van der Waals surface area contributed by atoms with E-state index < -0.39 is 0 Å². The average molecular weight is 817 g/mol. The monoisotopic (exact) mass is 816 g/mol. The van der Waals surface area contributed by atoms with E-state index in [0.29, 0.717) is 0 Å². The van der Waals surface area contributed by atoms with Gasteiger partial charge in [-0.05, 0) is 95.7 Å².